The van der Waals surface area contributed by atoms with Crippen molar-refractivity contribution in [3.63, 3.8) is 0 Å². The summed E-state index contributed by atoms with van der Waals surface area (Å²) in [4.78, 5) is 13.1. The first-order chi connectivity index (χ1) is 18.1. The zero-order valence-electron chi connectivity index (χ0n) is 19.2. The normalized spacial score (nSPS) is 11.1. The second-order valence-electron chi connectivity index (χ2n) is 7.72. The highest BCUT2D eigenvalue weighted by Gasteiger charge is 2.25. The van der Waals surface area contributed by atoms with E-state index in [1.165, 1.54) is 6.21 Å². The maximum absolute atomic E-state index is 13.1. The molecular weight excluding hydrogens is 496 g/mol. The Labute approximate surface area is 215 Å². The Morgan fingerprint density at radius 3 is 2.51 bits per heavy atom. The van der Waals surface area contributed by atoms with Crippen LogP contribution in [-0.4, -0.2) is 37.4 Å². The van der Waals surface area contributed by atoms with Gasteiger partial charge in [-0.1, -0.05) is 59.3 Å². The highest BCUT2D eigenvalue weighted by atomic mass is 35.5. The molecule has 2 heterocycles. The van der Waals surface area contributed by atoms with E-state index in [4.69, 9.17) is 22.1 Å². The van der Waals surface area contributed by atoms with Crippen molar-refractivity contribution in [2.24, 2.45) is 5.10 Å². The molecule has 0 aliphatic rings. The average Bonchev–Trinajstić information content (AvgIpc) is 3.55. The number of aromatic nitrogens is 5. The number of ether oxygens (including phenoxy) is 1. The van der Waals surface area contributed by atoms with Gasteiger partial charge in [0.2, 0.25) is 11.6 Å². The number of hydrogen-bond acceptors (Lipinski definition) is 9. The topological polar surface area (TPSA) is 146 Å². The van der Waals surface area contributed by atoms with Gasteiger partial charge in [0, 0.05) is 10.6 Å². The van der Waals surface area contributed by atoms with E-state index in [2.05, 4.69) is 35.8 Å². The van der Waals surface area contributed by atoms with E-state index in [1.807, 2.05) is 66.7 Å². The van der Waals surface area contributed by atoms with Crippen LogP contribution in [0.5, 0.6) is 5.75 Å². The van der Waals surface area contributed by atoms with Gasteiger partial charge in [0.05, 0.1) is 6.21 Å². The number of nitrogens with one attached hydrogen (secondary N) is 1. The maximum atomic E-state index is 13.1. The first-order valence-corrected chi connectivity index (χ1v) is 11.4. The van der Waals surface area contributed by atoms with E-state index < -0.39 is 5.91 Å². The molecular formula is C25H19ClN8O3. The SMILES string of the molecule is Nc1nonc1-n1nnc(-c2ccccc2)c1C(=O)N/N=C/c1ccc(OCc2ccc(Cl)cc2)cc1. The lowest BCUT2D eigenvalue weighted by molar-refractivity contribution is 0.0948. The number of halogens is 1. The summed E-state index contributed by atoms with van der Waals surface area (Å²) in [7, 11) is 0. The van der Waals surface area contributed by atoms with Crippen LogP contribution in [0, 0.1) is 0 Å². The molecule has 37 heavy (non-hydrogen) atoms. The van der Waals surface area contributed by atoms with Crippen LogP contribution < -0.4 is 15.9 Å². The molecule has 12 heteroatoms. The summed E-state index contributed by atoms with van der Waals surface area (Å²) >= 11 is 5.91. The lowest BCUT2D eigenvalue weighted by Crippen LogP contribution is -2.22. The number of hydrogen-bond donors (Lipinski definition) is 2. The predicted octanol–water partition coefficient (Wildman–Crippen LogP) is 3.90. The fraction of sp³-hybridized carbons (Fsp3) is 0.0400. The zero-order valence-corrected chi connectivity index (χ0v) is 19.9. The summed E-state index contributed by atoms with van der Waals surface area (Å²) < 4.78 is 11.6. The number of anilines is 1. The van der Waals surface area contributed by atoms with Gasteiger partial charge in [0.25, 0.3) is 5.91 Å². The van der Waals surface area contributed by atoms with E-state index >= 15 is 0 Å². The summed E-state index contributed by atoms with van der Waals surface area (Å²) in [6, 6.07) is 23.8. The Hall–Kier alpha value is -5.03. The number of amides is 1. The summed E-state index contributed by atoms with van der Waals surface area (Å²) in [6.07, 6.45) is 1.50. The van der Waals surface area contributed by atoms with Gasteiger partial charge in [-0.3, -0.25) is 4.79 Å². The van der Waals surface area contributed by atoms with Crippen molar-refractivity contribution < 1.29 is 14.2 Å². The lowest BCUT2D eigenvalue weighted by Gasteiger charge is -2.07. The molecule has 0 saturated heterocycles. The molecule has 0 spiro atoms. The molecule has 0 aliphatic heterocycles. The first-order valence-electron chi connectivity index (χ1n) is 11.0. The molecule has 0 unspecified atom stereocenters. The van der Waals surface area contributed by atoms with E-state index in [-0.39, 0.29) is 17.3 Å². The van der Waals surface area contributed by atoms with E-state index in [1.54, 1.807) is 12.1 Å². The van der Waals surface area contributed by atoms with Gasteiger partial charge in [-0.2, -0.15) is 9.78 Å². The third-order valence-electron chi connectivity index (χ3n) is 5.21. The molecule has 0 atom stereocenters. The molecule has 3 N–H and O–H groups in total. The summed E-state index contributed by atoms with van der Waals surface area (Å²) in [5, 5.41) is 20.2. The van der Waals surface area contributed by atoms with Crippen LogP contribution in [0.4, 0.5) is 5.82 Å². The number of benzene rings is 3. The van der Waals surface area contributed by atoms with Crippen LogP contribution in [0.15, 0.2) is 88.6 Å². The van der Waals surface area contributed by atoms with E-state index in [9.17, 15) is 4.79 Å². The molecule has 184 valence electrons. The predicted molar refractivity (Wildman–Crippen MR) is 136 cm³/mol. The van der Waals surface area contributed by atoms with Gasteiger partial charge >= 0.3 is 0 Å². The smallest absolute Gasteiger partial charge is 0.292 e. The fourth-order valence-electron chi connectivity index (χ4n) is 3.38. The molecule has 1 amide bonds. The van der Waals surface area contributed by atoms with Crippen LogP contribution in [0.3, 0.4) is 0 Å². The van der Waals surface area contributed by atoms with Crippen LogP contribution in [0.25, 0.3) is 17.1 Å². The van der Waals surface area contributed by atoms with Gasteiger partial charge in [0.15, 0.2) is 5.69 Å². The Morgan fingerprint density at radius 2 is 1.81 bits per heavy atom. The van der Waals surface area contributed by atoms with Crippen molar-refractivity contribution in [1.29, 1.82) is 0 Å². The third kappa shape index (κ3) is 5.46. The largest absolute Gasteiger partial charge is 0.489 e. The fourth-order valence-corrected chi connectivity index (χ4v) is 3.50. The molecule has 5 rings (SSSR count). The number of nitrogens with two attached hydrogens (primary N) is 1. The van der Waals surface area contributed by atoms with Crippen LogP contribution >= 0.6 is 11.6 Å². The summed E-state index contributed by atoms with van der Waals surface area (Å²) in [5.74, 6) is 0.112. The number of hydrazone groups is 1. The highest BCUT2D eigenvalue weighted by Crippen LogP contribution is 2.24. The molecule has 0 bridgehead atoms. The van der Waals surface area contributed by atoms with Gasteiger partial charge in [-0.15, -0.1) is 5.10 Å². The Kier molecular flexibility index (Phi) is 6.86. The van der Waals surface area contributed by atoms with Crippen LogP contribution in [-0.2, 0) is 6.61 Å². The second kappa shape index (κ2) is 10.7. The van der Waals surface area contributed by atoms with Gasteiger partial charge in [-0.25, -0.2) is 10.1 Å². The molecule has 11 nitrogen and oxygen atoms in total. The monoisotopic (exact) mass is 514 g/mol. The molecule has 0 fully saturated rings. The summed E-state index contributed by atoms with van der Waals surface area (Å²) in [6.45, 7) is 0.414. The van der Waals surface area contributed by atoms with Gasteiger partial charge < -0.3 is 10.5 Å². The average molecular weight is 515 g/mol. The molecule has 5 aromatic rings. The van der Waals surface area contributed by atoms with Crippen molar-refractivity contribution in [2.45, 2.75) is 6.61 Å². The quantitative estimate of drug-likeness (QED) is 0.234. The van der Waals surface area contributed by atoms with Crippen molar-refractivity contribution >= 4 is 29.5 Å². The van der Waals surface area contributed by atoms with E-state index in [0.29, 0.717) is 28.6 Å². The minimum absolute atomic E-state index is 0.0398. The molecule has 0 radical (unpaired) electrons. The highest BCUT2D eigenvalue weighted by molar-refractivity contribution is 6.30. The van der Waals surface area contributed by atoms with Crippen molar-refractivity contribution in [3.05, 3.63) is 101 Å². The Balaban J connectivity index is 1.29. The second-order valence-corrected chi connectivity index (χ2v) is 8.16. The van der Waals surface area contributed by atoms with Gasteiger partial charge in [-0.05, 0) is 57.8 Å². The van der Waals surface area contributed by atoms with Gasteiger partial charge in [0.1, 0.15) is 18.1 Å². The van der Waals surface area contributed by atoms with Crippen molar-refractivity contribution in [1.82, 2.24) is 30.7 Å². The number of nitrogen functional groups attached to an aromatic ring is 1. The Bertz CT molecular complexity index is 1530. The first kappa shape index (κ1) is 23.7. The lowest BCUT2D eigenvalue weighted by atomic mass is 10.1. The standard InChI is InChI=1S/C25H19ClN8O3/c26-19-10-6-17(7-11-19)15-36-20-12-8-16(9-13-20)14-28-30-25(35)22-21(18-4-2-1-3-5-18)29-33-34(22)24-23(27)31-37-32-24/h1-14H,15H2,(H2,27,31)(H,30,35)/b28-14+. The molecule has 3 aromatic carbocycles. The number of carbonyl (C=O) groups excluding carboxylic acids is 1. The van der Waals surface area contributed by atoms with Crippen molar-refractivity contribution in [2.75, 3.05) is 5.73 Å². The number of carbonyl (C=O) groups is 1. The molecule has 0 aliphatic carbocycles. The number of rotatable bonds is 8. The molecule has 2 aromatic heterocycles. The minimum Gasteiger partial charge on any atom is -0.489 e. The zero-order chi connectivity index (χ0) is 25.6. The number of nitrogens with zero attached hydrogens (tertiary/aromatic N) is 6. The Morgan fingerprint density at radius 1 is 1.05 bits per heavy atom. The van der Waals surface area contributed by atoms with Crippen molar-refractivity contribution in [3.8, 4) is 22.8 Å². The van der Waals surface area contributed by atoms with Crippen LogP contribution in [0.1, 0.15) is 21.6 Å². The maximum Gasteiger partial charge on any atom is 0.292 e. The van der Waals surface area contributed by atoms with E-state index in [0.717, 1.165) is 15.8 Å². The third-order valence-corrected chi connectivity index (χ3v) is 5.46. The summed E-state index contributed by atoms with van der Waals surface area (Å²) in [5.41, 5.74) is 11.1. The minimum atomic E-state index is -0.578. The van der Waals surface area contributed by atoms with Crippen LogP contribution in [0.2, 0.25) is 5.02 Å². The molecule has 0 saturated carbocycles.